The number of nitrogens with zero attached hydrogens (tertiary/aromatic N) is 1. The Morgan fingerprint density at radius 3 is 2.78 bits per heavy atom. The van der Waals surface area contributed by atoms with Gasteiger partial charge in [0.2, 0.25) is 0 Å². The van der Waals surface area contributed by atoms with Gasteiger partial charge in [-0.05, 0) is 30.5 Å². The van der Waals surface area contributed by atoms with E-state index >= 15 is 0 Å². The molecule has 0 amide bonds. The van der Waals surface area contributed by atoms with Crippen molar-refractivity contribution < 1.29 is 9.90 Å². The normalized spacial score (nSPS) is 10.6. The lowest BCUT2D eigenvalue weighted by molar-refractivity contribution is 0.0691. The predicted octanol–water partition coefficient (Wildman–Crippen LogP) is 3.77. The molecule has 18 heavy (non-hydrogen) atoms. The highest BCUT2D eigenvalue weighted by Crippen LogP contribution is 2.26. The van der Waals surface area contributed by atoms with Gasteiger partial charge in [-0.2, -0.15) is 0 Å². The third-order valence-electron chi connectivity index (χ3n) is 2.83. The summed E-state index contributed by atoms with van der Waals surface area (Å²) >= 11 is 1.37. The van der Waals surface area contributed by atoms with Gasteiger partial charge in [0.15, 0.2) is 5.69 Å². The first-order chi connectivity index (χ1) is 8.61. The molecule has 2 aromatic rings. The lowest BCUT2D eigenvalue weighted by Gasteiger charge is -2.05. The number of carboxylic acids is 1. The van der Waals surface area contributed by atoms with Crippen molar-refractivity contribution >= 4 is 17.3 Å². The summed E-state index contributed by atoms with van der Waals surface area (Å²) in [4.78, 5) is 14.9. The van der Waals surface area contributed by atoms with E-state index in [9.17, 15) is 4.79 Å². The van der Waals surface area contributed by atoms with Gasteiger partial charge in [0.1, 0.15) is 5.01 Å². The van der Waals surface area contributed by atoms with Crippen molar-refractivity contribution in [3.8, 4) is 10.6 Å². The van der Waals surface area contributed by atoms with Crippen molar-refractivity contribution in [2.24, 2.45) is 0 Å². The summed E-state index contributed by atoms with van der Waals surface area (Å²) in [6.45, 7) is 4.24. The van der Waals surface area contributed by atoms with Crippen LogP contribution in [0.25, 0.3) is 10.6 Å². The fraction of sp³-hybridized carbons (Fsp3) is 0.286. The highest BCUT2D eigenvalue weighted by atomic mass is 32.1. The standard InChI is InChI=1S/C14H15NO2S/c1-3-4-10-5-6-11(7-9(10)2)13-15-12(8-18-13)14(16)17/h5-8H,3-4H2,1-2H3,(H,16,17). The lowest BCUT2D eigenvalue weighted by atomic mass is 10.0. The number of carbonyl (C=O) groups is 1. The molecule has 0 atom stereocenters. The SMILES string of the molecule is CCCc1ccc(-c2nc(C(=O)O)cs2)cc1C. The molecule has 1 N–H and O–H groups in total. The Morgan fingerprint density at radius 1 is 1.44 bits per heavy atom. The highest BCUT2D eigenvalue weighted by Gasteiger charge is 2.10. The molecule has 94 valence electrons. The summed E-state index contributed by atoms with van der Waals surface area (Å²) in [5, 5.41) is 11.2. The summed E-state index contributed by atoms with van der Waals surface area (Å²) in [6, 6.07) is 6.20. The van der Waals surface area contributed by atoms with Gasteiger partial charge < -0.3 is 5.11 Å². The molecule has 0 saturated carbocycles. The Kier molecular flexibility index (Phi) is 3.77. The van der Waals surface area contributed by atoms with Crippen LogP contribution in [-0.2, 0) is 6.42 Å². The molecule has 0 aliphatic carbocycles. The molecule has 1 aromatic heterocycles. The van der Waals surface area contributed by atoms with Gasteiger partial charge in [0, 0.05) is 10.9 Å². The molecule has 4 heteroatoms. The van der Waals surface area contributed by atoms with Crippen LogP contribution in [0.2, 0.25) is 0 Å². The number of aryl methyl sites for hydroxylation is 2. The topological polar surface area (TPSA) is 50.2 Å². The van der Waals surface area contributed by atoms with Gasteiger partial charge in [-0.15, -0.1) is 11.3 Å². The van der Waals surface area contributed by atoms with Crippen LogP contribution in [0, 0.1) is 6.92 Å². The average Bonchev–Trinajstić information content (AvgIpc) is 2.81. The van der Waals surface area contributed by atoms with E-state index in [1.807, 2.05) is 6.07 Å². The maximum atomic E-state index is 10.8. The fourth-order valence-corrected chi connectivity index (χ4v) is 2.67. The van der Waals surface area contributed by atoms with Crippen LogP contribution >= 0.6 is 11.3 Å². The Hall–Kier alpha value is -1.68. The van der Waals surface area contributed by atoms with Crippen molar-refractivity contribution in [1.82, 2.24) is 4.98 Å². The Balaban J connectivity index is 2.33. The van der Waals surface area contributed by atoms with E-state index < -0.39 is 5.97 Å². The maximum Gasteiger partial charge on any atom is 0.355 e. The molecule has 0 fully saturated rings. The zero-order valence-electron chi connectivity index (χ0n) is 10.4. The van der Waals surface area contributed by atoms with Crippen molar-refractivity contribution in [3.63, 3.8) is 0 Å². The zero-order chi connectivity index (χ0) is 13.1. The molecule has 0 spiro atoms. The third kappa shape index (κ3) is 2.59. The van der Waals surface area contributed by atoms with E-state index in [0.717, 1.165) is 23.4 Å². The molecule has 1 heterocycles. The molecule has 0 unspecified atom stereocenters. The summed E-state index contributed by atoms with van der Waals surface area (Å²) in [6.07, 6.45) is 2.20. The highest BCUT2D eigenvalue weighted by molar-refractivity contribution is 7.13. The quantitative estimate of drug-likeness (QED) is 0.911. The number of benzene rings is 1. The van der Waals surface area contributed by atoms with Crippen LogP contribution in [0.4, 0.5) is 0 Å². The number of aromatic nitrogens is 1. The second kappa shape index (κ2) is 5.31. The van der Waals surface area contributed by atoms with Crippen LogP contribution < -0.4 is 0 Å². The monoisotopic (exact) mass is 261 g/mol. The van der Waals surface area contributed by atoms with E-state index in [1.54, 1.807) is 5.38 Å². The van der Waals surface area contributed by atoms with Crippen LogP contribution in [0.3, 0.4) is 0 Å². The molecular formula is C14H15NO2S. The van der Waals surface area contributed by atoms with Crippen molar-refractivity contribution in [1.29, 1.82) is 0 Å². The van der Waals surface area contributed by atoms with Crippen LogP contribution in [0.15, 0.2) is 23.6 Å². The van der Waals surface area contributed by atoms with E-state index in [4.69, 9.17) is 5.11 Å². The second-order valence-electron chi connectivity index (χ2n) is 4.23. The van der Waals surface area contributed by atoms with E-state index in [-0.39, 0.29) is 5.69 Å². The molecule has 3 nitrogen and oxygen atoms in total. The first kappa shape index (κ1) is 12.8. The average molecular weight is 261 g/mol. The van der Waals surface area contributed by atoms with Gasteiger partial charge in [0.25, 0.3) is 0 Å². The first-order valence-corrected chi connectivity index (χ1v) is 6.78. The van der Waals surface area contributed by atoms with Crippen LogP contribution in [-0.4, -0.2) is 16.1 Å². The van der Waals surface area contributed by atoms with E-state index in [1.165, 1.54) is 22.5 Å². The fourth-order valence-electron chi connectivity index (χ4n) is 1.88. The molecule has 0 radical (unpaired) electrons. The van der Waals surface area contributed by atoms with Gasteiger partial charge >= 0.3 is 5.97 Å². The van der Waals surface area contributed by atoms with Gasteiger partial charge in [0.05, 0.1) is 0 Å². The third-order valence-corrected chi connectivity index (χ3v) is 3.72. The summed E-state index contributed by atoms with van der Waals surface area (Å²) in [5.74, 6) is -0.975. The summed E-state index contributed by atoms with van der Waals surface area (Å²) in [5.41, 5.74) is 3.69. The number of aromatic carboxylic acids is 1. The van der Waals surface area contributed by atoms with Crippen molar-refractivity contribution in [3.05, 3.63) is 40.4 Å². The molecule has 0 bridgehead atoms. The maximum absolute atomic E-state index is 10.8. The number of hydrogen-bond donors (Lipinski definition) is 1. The van der Waals surface area contributed by atoms with Crippen molar-refractivity contribution in [2.75, 3.05) is 0 Å². The van der Waals surface area contributed by atoms with Gasteiger partial charge in [-0.3, -0.25) is 0 Å². The molecule has 0 aliphatic rings. The second-order valence-corrected chi connectivity index (χ2v) is 5.09. The summed E-state index contributed by atoms with van der Waals surface area (Å²) < 4.78 is 0. The van der Waals surface area contributed by atoms with Crippen molar-refractivity contribution in [2.45, 2.75) is 26.7 Å². The first-order valence-electron chi connectivity index (χ1n) is 5.90. The van der Waals surface area contributed by atoms with Gasteiger partial charge in [-0.1, -0.05) is 25.5 Å². The number of rotatable bonds is 4. The van der Waals surface area contributed by atoms with Gasteiger partial charge in [-0.25, -0.2) is 9.78 Å². The lowest BCUT2D eigenvalue weighted by Crippen LogP contribution is -1.95. The Bertz CT molecular complexity index is 575. The number of carboxylic acid groups (broad SMARTS) is 1. The summed E-state index contributed by atoms with van der Waals surface area (Å²) in [7, 11) is 0. The van der Waals surface area contributed by atoms with E-state index in [2.05, 4.69) is 31.0 Å². The smallest absolute Gasteiger partial charge is 0.355 e. The Morgan fingerprint density at radius 2 is 2.22 bits per heavy atom. The predicted molar refractivity (Wildman–Crippen MR) is 73.2 cm³/mol. The molecule has 0 aliphatic heterocycles. The number of thiazole rings is 1. The van der Waals surface area contributed by atoms with Crippen LogP contribution in [0.1, 0.15) is 35.0 Å². The molecule has 1 aromatic carbocycles. The zero-order valence-corrected chi connectivity index (χ0v) is 11.3. The van der Waals surface area contributed by atoms with Crippen LogP contribution in [0.5, 0.6) is 0 Å². The Labute approximate surface area is 110 Å². The number of hydrogen-bond acceptors (Lipinski definition) is 3. The minimum atomic E-state index is -0.975. The molecule has 0 saturated heterocycles. The minimum Gasteiger partial charge on any atom is -0.476 e. The molecular weight excluding hydrogens is 246 g/mol. The largest absolute Gasteiger partial charge is 0.476 e. The van der Waals surface area contributed by atoms with E-state index in [0.29, 0.717) is 0 Å². The molecule has 2 rings (SSSR count). The minimum absolute atomic E-state index is 0.116.